The zero-order valence-electron chi connectivity index (χ0n) is 7.15. The van der Waals surface area contributed by atoms with Crippen LogP contribution in [0.5, 0.6) is 0 Å². The van der Waals surface area contributed by atoms with Crippen molar-refractivity contribution in [3.8, 4) is 6.07 Å². The fourth-order valence-corrected chi connectivity index (χ4v) is 1.26. The van der Waals surface area contributed by atoms with Crippen LogP contribution in [0.3, 0.4) is 0 Å². The summed E-state index contributed by atoms with van der Waals surface area (Å²) in [6, 6.07) is 8.80. The van der Waals surface area contributed by atoms with Gasteiger partial charge in [0.05, 0.1) is 11.6 Å². The molecule has 2 aromatic rings. The van der Waals surface area contributed by atoms with Crippen molar-refractivity contribution in [3.05, 3.63) is 46.4 Å². The molecule has 0 saturated heterocycles. The Hall–Kier alpha value is -1.79. The molecular weight excluding hydrogens is 200 g/mol. The third kappa shape index (κ3) is 1.61. The molecule has 0 aliphatic rings. The van der Waals surface area contributed by atoms with Gasteiger partial charge in [-0.25, -0.2) is 0 Å². The molecule has 0 bridgehead atoms. The molecule has 0 spiro atoms. The largest absolute Gasteiger partial charge is 0.329 e. The van der Waals surface area contributed by atoms with Gasteiger partial charge in [0.2, 0.25) is 0 Å². The summed E-state index contributed by atoms with van der Waals surface area (Å²) >= 11 is 0. The van der Waals surface area contributed by atoms with Gasteiger partial charge in [-0.15, -0.1) is 12.4 Å². The molecule has 0 saturated carbocycles. The quantitative estimate of drug-likeness (QED) is 0.715. The standard InChI is InChI=1S/C10H6N2O.ClH/c11-6-7-1-2-9-8(5-7)3-4-12-10(9)13;/h1-5H,(H,12,13);1H. The first-order chi connectivity index (χ1) is 6.31. The second-order valence-electron chi connectivity index (χ2n) is 2.72. The van der Waals surface area contributed by atoms with Crippen LogP contribution in [0.25, 0.3) is 10.8 Å². The summed E-state index contributed by atoms with van der Waals surface area (Å²) in [7, 11) is 0. The molecule has 4 heteroatoms. The van der Waals surface area contributed by atoms with Crippen LogP contribution in [0, 0.1) is 11.3 Å². The van der Waals surface area contributed by atoms with Gasteiger partial charge in [0.1, 0.15) is 0 Å². The zero-order chi connectivity index (χ0) is 9.26. The van der Waals surface area contributed by atoms with Crippen LogP contribution in [0.1, 0.15) is 5.56 Å². The molecule has 1 heterocycles. The SMILES string of the molecule is Cl.N#Cc1ccc2c(=O)[nH]ccc2c1. The highest BCUT2D eigenvalue weighted by Gasteiger charge is 1.97. The summed E-state index contributed by atoms with van der Waals surface area (Å²) in [6.45, 7) is 0. The number of nitrogens with one attached hydrogen (secondary N) is 1. The van der Waals surface area contributed by atoms with Gasteiger partial charge in [-0.2, -0.15) is 5.26 Å². The van der Waals surface area contributed by atoms with Gasteiger partial charge in [0.25, 0.3) is 5.56 Å². The monoisotopic (exact) mass is 206 g/mol. The summed E-state index contributed by atoms with van der Waals surface area (Å²) in [5, 5.41) is 10.0. The number of H-pyrrole nitrogens is 1. The molecular formula is C10H7ClN2O. The molecule has 1 aromatic heterocycles. The van der Waals surface area contributed by atoms with E-state index in [1.54, 1.807) is 30.5 Å². The van der Waals surface area contributed by atoms with Gasteiger partial charge < -0.3 is 4.98 Å². The van der Waals surface area contributed by atoms with E-state index < -0.39 is 0 Å². The van der Waals surface area contributed by atoms with Gasteiger partial charge >= 0.3 is 0 Å². The average Bonchev–Trinajstić information content (AvgIpc) is 2.18. The molecule has 70 valence electrons. The maximum absolute atomic E-state index is 11.2. The van der Waals surface area contributed by atoms with Crippen molar-refractivity contribution in [1.29, 1.82) is 5.26 Å². The number of pyridine rings is 1. The van der Waals surface area contributed by atoms with E-state index in [-0.39, 0.29) is 18.0 Å². The van der Waals surface area contributed by atoms with Crippen LogP contribution in [0.15, 0.2) is 35.3 Å². The first kappa shape index (κ1) is 10.3. The predicted octanol–water partition coefficient (Wildman–Crippen LogP) is 1.82. The smallest absolute Gasteiger partial charge is 0.255 e. The van der Waals surface area contributed by atoms with E-state index in [0.717, 1.165) is 5.39 Å². The topological polar surface area (TPSA) is 56.6 Å². The molecule has 0 aliphatic carbocycles. The van der Waals surface area contributed by atoms with Crippen molar-refractivity contribution in [2.45, 2.75) is 0 Å². The van der Waals surface area contributed by atoms with Crippen molar-refractivity contribution >= 4 is 23.2 Å². The van der Waals surface area contributed by atoms with Crippen molar-refractivity contribution in [2.75, 3.05) is 0 Å². The van der Waals surface area contributed by atoms with Gasteiger partial charge in [-0.1, -0.05) is 0 Å². The molecule has 0 fully saturated rings. The molecule has 0 atom stereocenters. The Kier molecular flexibility index (Phi) is 2.90. The molecule has 1 aromatic carbocycles. The Morgan fingerprint density at radius 3 is 2.79 bits per heavy atom. The number of rotatable bonds is 0. The minimum absolute atomic E-state index is 0. The van der Waals surface area contributed by atoms with E-state index >= 15 is 0 Å². The number of nitrogens with zero attached hydrogens (tertiary/aromatic N) is 1. The molecule has 0 aliphatic heterocycles. The summed E-state index contributed by atoms with van der Waals surface area (Å²) in [4.78, 5) is 13.8. The lowest BCUT2D eigenvalue weighted by atomic mass is 10.1. The molecule has 1 N–H and O–H groups in total. The number of benzene rings is 1. The first-order valence-electron chi connectivity index (χ1n) is 3.83. The summed E-state index contributed by atoms with van der Waals surface area (Å²) in [6.07, 6.45) is 1.58. The Labute approximate surface area is 86.4 Å². The third-order valence-corrected chi connectivity index (χ3v) is 1.90. The number of aromatic amines is 1. The number of halogens is 1. The zero-order valence-corrected chi connectivity index (χ0v) is 7.97. The second kappa shape index (κ2) is 3.95. The van der Waals surface area contributed by atoms with Crippen LogP contribution in [0.4, 0.5) is 0 Å². The van der Waals surface area contributed by atoms with Gasteiger partial charge in [-0.05, 0) is 29.7 Å². The molecule has 14 heavy (non-hydrogen) atoms. The average molecular weight is 207 g/mol. The van der Waals surface area contributed by atoms with E-state index in [2.05, 4.69) is 4.98 Å². The lowest BCUT2D eigenvalue weighted by Crippen LogP contribution is -2.03. The highest BCUT2D eigenvalue weighted by Crippen LogP contribution is 2.10. The first-order valence-corrected chi connectivity index (χ1v) is 3.83. The Morgan fingerprint density at radius 1 is 1.29 bits per heavy atom. The van der Waals surface area contributed by atoms with Gasteiger partial charge in [-0.3, -0.25) is 4.79 Å². The van der Waals surface area contributed by atoms with E-state index in [9.17, 15) is 4.79 Å². The van der Waals surface area contributed by atoms with Crippen molar-refractivity contribution < 1.29 is 0 Å². The maximum atomic E-state index is 11.2. The van der Waals surface area contributed by atoms with Crippen LogP contribution < -0.4 is 5.56 Å². The number of hydrogen-bond donors (Lipinski definition) is 1. The number of fused-ring (bicyclic) bond motifs is 1. The van der Waals surface area contributed by atoms with Crippen LogP contribution in [-0.2, 0) is 0 Å². The minimum Gasteiger partial charge on any atom is -0.329 e. The van der Waals surface area contributed by atoms with Crippen molar-refractivity contribution in [2.24, 2.45) is 0 Å². The highest BCUT2D eigenvalue weighted by molar-refractivity contribution is 5.85. The Morgan fingerprint density at radius 2 is 2.07 bits per heavy atom. The molecule has 0 amide bonds. The lowest BCUT2D eigenvalue weighted by Gasteiger charge is -1.95. The molecule has 2 rings (SSSR count). The van der Waals surface area contributed by atoms with E-state index in [4.69, 9.17) is 5.26 Å². The molecule has 0 unspecified atom stereocenters. The summed E-state index contributed by atoms with van der Waals surface area (Å²) < 4.78 is 0. The minimum atomic E-state index is -0.123. The molecule has 3 nitrogen and oxygen atoms in total. The summed E-state index contributed by atoms with van der Waals surface area (Å²) in [5.41, 5.74) is 0.445. The Bertz CT molecular complexity index is 554. The summed E-state index contributed by atoms with van der Waals surface area (Å²) in [5.74, 6) is 0. The maximum Gasteiger partial charge on any atom is 0.255 e. The van der Waals surface area contributed by atoms with E-state index in [0.29, 0.717) is 10.9 Å². The van der Waals surface area contributed by atoms with Crippen LogP contribution in [0.2, 0.25) is 0 Å². The number of nitriles is 1. The van der Waals surface area contributed by atoms with Crippen LogP contribution >= 0.6 is 12.4 Å². The predicted molar refractivity (Wildman–Crippen MR) is 56.5 cm³/mol. The number of hydrogen-bond acceptors (Lipinski definition) is 2. The number of aromatic nitrogens is 1. The second-order valence-corrected chi connectivity index (χ2v) is 2.72. The van der Waals surface area contributed by atoms with E-state index in [1.165, 1.54) is 0 Å². The lowest BCUT2D eigenvalue weighted by molar-refractivity contribution is 1.28. The van der Waals surface area contributed by atoms with Crippen molar-refractivity contribution in [1.82, 2.24) is 4.98 Å². The molecule has 0 radical (unpaired) electrons. The van der Waals surface area contributed by atoms with E-state index in [1.807, 2.05) is 6.07 Å². The van der Waals surface area contributed by atoms with Crippen molar-refractivity contribution in [3.63, 3.8) is 0 Å². The van der Waals surface area contributed by atoms with Gasteiger partial charge in [0.15, 0.2) is 0 Å². The fourth-order valence-electron chi connectivity index (χ4n) is 1.26. The normalized spacial score (nSPS) is 9.07. The van der Waals surface area contributed by atoms with Crippen LogP contribution in [-0.4, -0.2) is 4.98 Å². The van der Waals surface area contributed by atoms with Gasteiger partial charge in [0, 0.05) is 11.6 Å². The fraction of sp³-hybridized carbons (Fsp3) is 0. The third-order valence-electron chi connectivity index (χ3n) is 1.90. The Balaban J connectivity index is 0.000000980. The highest BCUT2D eigenvalue weighted by atomic mass is 35.5.